The number of anilines is 1. The number of ketones is 1. The summed E-state index contributed by atoms with van der Waals surface area (Å²) in [6.45, 7) is 6.34. The molecule has 1 aromatic heterocycles. The quantitative estimate of drug-likeness (QED) is 0.818. The van der Waals surface area contributed by atoms with Gasteiger partial charge in [0.05, 0.1) is 29.6 Å². The van der Waals surface area contributed by atoms with E-state index in [0.29, 0.717) is 6.42 Å². The Kier molecular flexibility index (Phi) is 3.37. The van der Waals surface area contributed by atoms with Gasteiger partial charge in [-0.25, -0.2) is 0 Å². The van der Waals surface area contributed by atoms with E-state index < -0.39 is 0 Å². The van der Waals surface area contributed by atoms with E-state index in [0.717, 1.165) is 34.8 Å². The normalized spacial score (nSPS) is 25.1. The maximum Gasteiger partial charge on any atom is 0.144 e. The van der Waals surface area contributed by atoms with Crippen LogP contribution in [0, 0.1) is 18.3 Å². The van der Waals surface area contributed by atoms with Crippen molar-refractivity contribution in [3.63, 3.8) is 0 Å². The zero-order chi connectivity index (χ0) is 16.9. The molecule has 24 heavy (non-hydrogen) atoms. The van der Waals surface area contributed by atoms with Gasteiger partial charge in [-0.3, -0.25) is 9.79 Å². The first kappa shape index (κ1) is 15.2. The zero-order valence-corrected chi connectivity index (χ0v) is 14.3. The number of nitrogens with zero attached hydrogens (tertiary/aromatic N) is 1. The maximum absolute atomic E-state index is 13.0. The molecule has 1 aliphatic heterocycles. The lowest BCUT2D eigenvalue weighted by Crippen LogP contribution is -2.42. The molecule has 0 bridgehead atoms. The molecule has 4 nitrogen and oxygen atoms in total. The second-order valence-corrected chi connectivity index (χ2v) is 7.72. The summed E-state index contributed by atoms with van der Waals surface area (Å²) in [7, 11) is 0. The lowest BCUT2D eigenvalue weighted by atomic mass is 9.68. The van der Waals surface area contributed by atoms with Gasteiger partial charge in [0.1, 0.15) is 11.5 Å². The molecule has 0 unspecified atom stereocenters. The smallest absolute Gasteiger partial charge is 0.144 e. The van der Waals surface area contributed by atoms with Crippen LogP contribution in [0.4, 0.5) is 11.4 Å². The number of Topliss-reactive ketones (excluding diaryl/α,β-unsaturated/α-hetero) is 1. The Balaban J connectivity index is 1.88. The van der Waals surface area contributed by atoms with E-state index in [1.807, 2.05) is 18.2 Å². The van der Waals surface area contributed by atoms with Crippen LogP contribution in [-0.4, -0.2) is 11.5 Å². The summed E-state index contributed by atoms with van der Waals surface area (Å²) < 4.78 is 5.65. The van der Waals surface area contributed by atoms with Gasteiger partial charge in [0.2, 0.25) is 0 Å². The molecule has 2 aromatic rings. The van der Waals surface area contributed by atoms with Gasteiger partial charge in [0.15, 0.2) is 0 Å². The van der Waals surface area contributed by atoms with Crippen LogP contribution in [0.15, 0.2) is 46.0 Å². The lowest BCUT2D eigenvalue weighted by Gasteiger charge is -2.36. The second-order valence-electron chi connectivity index (χ2n) is 7.72. The van der Waals surface area contributed by atoms with E-state index in [-0.39, 0.29) is 23.2 Å². The van der Waals surface area contributed by atoms with Gasteiger partial charge in [-0.05, 0) is 48.6 Å². The summed E-state index contributed by atoms with van der Waals surface area (Å²) >= 11 is 0. The van der Waals surface area contributed by atoms with E-state index in [1.54, 1.807) is 6.26 Å². The number of hydrogen-bond acceptors (Lipinski definition) is 4. The molecular formula is C20H22N2O2. The van der Waals surface area contributed by atoms with E-state index in [1.165, 1.54) is 0 Å². The molecule has 1 N–H and O–H groups in total. The number of nitrogens with one attached hydrogen (secondary N) is 1. The van der Waals surface area contributed by atoms with Crippen LogP contribution in [0.3, 0.4) is 0 Å². The van der Waals surface area contributed by atoms with Gasteiger partial charge in [-0.15, -0.1) is 0 Å². The summed E-state index contributed by atoms with van der Waals surface area (Å²) in [6, 6.07) is 9.77. The molecule has 1 saturated carbocycles. The Morgan fingerprint density at radius 2 is 2.08 bits per heavy atom. The highest BCUT2D eigenvalue weighted by molar-refractivity contribution is 6.10. The van der Waals surface area contributed by atoms with E-state index in [2.05, 4.69) is 38.2 Å². The largest absolute Gasteiger partial charge is 0.467 e. The molecule has 2 aliphatic rings. The third-order valence-electron chi connectivity index (χ3n) is 4.93. The number of rotatable bonds is 1. The number of hydrogen-bond donors (Lipinski definition) is 1. The second kappa shape index (κ2) is 5.33. The fourth-order valence-corrected chi connectivity index (χ4v) is 3.89. The first-order valence-corrected chi connectivity index (χ1v) is 8.44. The predicted molar refractivity (Wildman–Crippen MR) is 94.9 cm³/mol. The third kappa shape index (κ3) is 2.56. The third-order valence-corrected chi connectivity index (χ3v) is 4.93. The molecule has 1 fully saturated rings. The van der Waals surface area contributed by atoms with Crippen LogP contribution in [0.1, 0.15) is 44.1 Å². The van der Waals surface area contributed by atoms with Crippen LogP contribution in [0.25, 0.3) is 0 Å². The van der Waals surface area contributed by atoms with Gasteiger partial charge in [0.25, 0.3) is 0 Å². The topological polar surface area (TPSA) is 54.6 Å². The van der Waals surface area contributed by atoms with Crippen molar-refractivity contribution >= 4 is 22.9 Å². The Hall–Kier alpha value is -2.36. The van der Waals surface area contributed by atoms with E-state index in [4.69, 9.17) is 9.41 Å². The summed E-state index contributed by atoms with van der Waals surface area (Å²) in [5, 5.41) is 3.53. The lowest BCUT2D eigenvalue weighted by molar-refractivity contribution is -0.124. The van der Waals surface area contributed by atoms with Crippen molar-refractivity contribution in [1.29, 1.82) is 0 Å². The van der Waals surface area contributed by atoms with Crippen LogP contribution in [0.2, 0.25) is 0 Å². The standard InChI is InChI=1S/C20H22N2O2/c1-12-6-7-13-14(9-12)22-19(17-5-4-8-24-17)18-15(21-13)10-20(2,3)11-16(18)23/h4-9,18-19,22H,10-11H2,1-3H3/t18-,19-/m0/s1. The summed E-state index contributed by atoms with van der Waals surface area (Å²) in [5.74, 6) is 0.760. The van der Waals surface area contributed by atoms with Crippen LogP contribution in [0.5, 0.6) is 0 Å². The summed E-state index contributed by atoms with van der Waals surface area (Å²) in [5.41, 5.74) is 3.95. The first-order chi connectivity index (χ1) is 11.4. The molecule has 124 valence electrons. The number of aryl methyl sites for hydroxylation is 1. The summed E-state index contributed by atoms with van der Waals surface area (Å²) in [6.07, 6.45) is 3.06. The minimum Gasteiger partial charge on any atom is -0.467 e. The van der Waals surface area contributed by atoms with Gasteiger partial charge in [-0.2, -0.15) is 0 Å². The monoisotopic (exact) mass is 322 g/mol. The van der Waals surface area contributed by atoms with Crippen LogP contribution >= 0.6 is 0 Å². The number of benzene rings is 1. The molecule has 4 heteroatoms. The fraction of sp³-hybridized carbons (Fsp3) is 0.400. The average Bonchev–Trinajstić information content (AvgIpc) is 2.96. The van der Waals surface area contributed by atoms with E-state index in [9.17, 15) is 4.79 Å². The Morgan fingerprint density at radius 3 is 2.83 bits per heavy atom. The number of fused-ring (bicyclic) bond motifs is 2. The predicted octanol–water partition coefficient (Wildman–Crippen LogP) is 4.83. The Morgan fingerprint density at radius 1 is 1.25 bits per heavy atom. The molecule has 1 aromatic carbocycles. The highest BCUT2D eigenvalue weighted by Gasteiger charge is 2.44. The molecule has 0 spiro atoms. The van der Waals surface area contributed by atoms with Gasteiger partial charge < -0.3 is 9.73 Å². The minimum absolute atomic E-state index is 0.0463. The number of carbonyl (C=O) groups excluding carboxylic acids is 1. The summed E-state index contributed by atoms with van der Waals surface area (Å²) in [4.78, 5) is 17.9. The van der Waals surface area contributed by atoms with Gasteiger partial charge >= 0.3 is 0 Å². The molecular weight excluding hydrogens is 300 g/mol. The molecule has 1 aliphatic carbocycles. The van der Waals surface area contributed by atoms with Gasteiger partial charge in [-0.1, -0.05) is 19.9 Å². The first-order valence-electron chi connectivity index (χ1n) is 8.44. The Labute approximate surface area is 142 Å². The van der Waals surface area contributed by atoms with Crippen molar-refractivity contribution in [2.24, 2.45) is 16.3 Å². The van der Waals surface area contributed by atoms with Crippen LogP contribution in [-0.2, 0) is 4.79 Å². The zero-order valence-electron chi connectivity index (χ0n) is 14.3. The number of aliphatic imine (C=N–C) groups is 1. The van der Waals surface area contributed by atoms with Crippen molar-refractivity contribution < 1.29 is 9.21 Å². The molecule has 2 heterocycles. The van der Waals surface area contributed by atoms with Crippen molar-refractivity contribution in [3.8, 4) is 0 Å². The minimum atomic E-state index is -0.267. The highest BCUT2D eigenvalue weighted by Crippen LogP contribution is 2.45. The maximum atomic E-state index is 13.0. The molecule has 4 rings (SSSR count). The molecule has 0 saturated heterocycles. The molecule has 0 amide bonds. The molecule has 0 radical (unpaired) electrons. The highest BCUT2D eigenvalue weighted by atomic mass is 16.3. The van der Waals surface area contributed by atoms with E-state index >= 15 is 0 Å². The number of carbonyl (C=O) groups is 1. The van der Waals surface area contributed by atoms with Gasteiger partial charge in [0, 0.05) is 12.1 Å². The fourth-order valence-electron chi connectivity index (χ4n) is 3.89. The Bertz CT molecular complexity index is 818. The van der Waals surface area contributed by atoms with Crippen LogP contribution < -0.4 is 5.32 Å². The number of furan rings is 1. The van der Waals surface area contributed by atoms with Crippen molar-refractivity contribution in [3.05, 3.63) is 47.9 Å². The van der Waals surface area contributed by atoms with Crippen molar-refractivity contribution in [2.75, 3.05) is 5.32 Å². The van der Waals surface area contributed by atoms with Crippen molar-refractivity contribution in [1.82, 2.24) is 0 Å². The SMILES string of the molecule is Cc1ccc2c(c1)N[C@@H](c1ccco1)[C@@H]1C(=O)CC(C)(C)CC1=N2. The van der Waals surface area contributed by atoms with Crippen molar-refractivity contribution in [2.45, 2.75) is 39.7 Å². The molecule has 2 atom stereocenters. The average molecular weight is 322 g/mol.